The van der Waals surface area contributed by atoms with E-state index in [0.29, 0.717) is 23.7 Å². The van der Waals surface area contributed by atoms with Crippen molar-refractivity contribution < 1.29 is 22.6 Å². The van der Waals surface area contributed by atoms with Crippen LogP contribution in [0.1, 0.15) is 40.6 Å². The number of benzene rings is 3. The largest absolute Gasteiger partial charge is 0.493 e. The standard InChI is InChI=1S/C27H23BrF3NO2/c1-33-24-13-17(12-22(28)26(24)34-15-16-6-3-2-4-7-16)25-20-9-5-8-19(20)21-14-18(27(29,30)31)10-11-23(21)32-25/h2-8,10-14,19-20,25,32H,9,15H2,1H3/t19-,20+,25+/m1/s1. The maximum absolute atomic E-state index is 13.3. The van der Waals surface area contributed by atoms with E-state index in [-0.39, 0.29) is 17.9 Å². The van der Waals surface area contributed by atoms with E-state index in [1.54, 1.807) is 7.11 Å². The molecule has 0 unspecified atom stereocenters. The van der Waals surface area contributed by atoms with Gasteiger partial charge in [0.15, 0.2) is 11.5 Å². The third kappa shape index (κ3) is 4.29. The summed E-state index contributed by atoms with van der Waals surface area (Å²) in [6.45, 7) is 0.403. The first-order chi connectivity index (χ1) is 16.3. The van der Waals surface area contributed by atoms with Crippen molar-refractivity contribution in [2.75, 3.05) is 12.4 Å². The molecule has 0 aromatic heterocycles. The molecule has 0 radical (unpaired) electrons. The summed E-state index contributed by atoms with van der Waals surface area (Å²) in [7, 11) is 1.60. The van der Waals surface area contributed by atoms with Gasteiger partial charge >= 0.3 is 6.18 Å². The van der Waals surface area contributed by atoms with Crippen molar-refractivity contribution in [1.29, 1.82) is 0 Å². The molecule has 0 saturated heterocycles. The Morgan fingerprint density at radius 3 is 2.59 bits per heavy atom. The summed E-state index contributed by atoms with van der Waals surface area (Å²) in [6.07, 6.45) is 0.506. The fraction of sp³-hybridized carbons (Fsp3) is 0.259. The Balaban J connectivity index is 1.46. The highest BCUT2D eigenvalue weighted by Crippen LogP contribution is 2.52. The molecule has 3 atom stereocenters. The maximum atomic E-state index is 13.3. The highest BCUT2D eigenvalue weighted by molar-refractivity contribution is 9.10. The van der Waals surface area contributed by atoms with Crippen LogP contribution in [0.3, 0.4) is 0 Å². The molecule has 7 heteroatoms. The van der Waals surface area contributed by atoms with Crippen LogP contribution < -0.4 is 14.8 Å². The van der Waals surface area contributed by atoms with Crippen LogP contribution in [0.4, 0.5) is 18.9 Å². The van der Waals surface area contributed by atoms with Crippen LogP contribution in [0.2, 0.25) is 0 Å². The topological polar surface area (TPSA) is 30.5 Å². The van der Waals surface area contributed by atoms with Gasteiger partial charge in [-0.15, -0.1) is 0 Å². The first-order valence-electron chi connectivity index (χ1n) is 11.0. The zero-order chi connectivity index (χ0) is 23.9. The van der Waals surface area contributed by atoms with Crippen LogP contribution >= 0.6 is 15.9 Å². The summed E-state index contributed by atoms with van der Waals surface area (Å²) in [5.74, 6) is 1.23. The van der Waals surface area contributed by atoms with E-state index in [2.05, 4.69) is 27.3 Å². The number of hydrogen-bond donors (Lipinski definition) is 1. The van der Waals surface area contributed by atoms with Crippen molar-refractivity contribution >= 4 is 21.6 Å². The van der Waals surface area contributed by atoms with Crippen molar-refractivity contribution in [3.63, 3.8) is 0 Å². The lowest BCUT2D eigenvalue weighted by molar-refractivity contribution is -0.137. The number of ether oxygens (including phenoxy) is 2. The van der Waals surface area contributed by atoms with E-state index >= 15 is 0 Å². The monoisotopic (exact) mass is 529 g/mol. The lowest BCUT2D eigenvalue weighted by Gasteiger charge is -2.38. The minimum absolute atomic E-state index is 0.0812. The number of halogens is 4. The summed E-state index contributed by atoms with van der Waals surface area (Å²) >= 11 is 3.64. The Morgan fingerprint density at radius 1 is 1.06 bits per heavy atom. The zero-order valence-electron chi connectivity index (χ0n) is 18.4. The maximum Gasteiger partial charge on any atom is 0.416 e. The number of nitrogens with one attached hydrogen (secondary N) is 1. The second-order valence-corrected chi connectivity index (χ2v) is 9.44. The number of methoxy groups -OCH3 is 1. The first kappa shape index (κ1) is 22.8. The van der Waals surface area contributed by atoms with Gasteiger partial charge in [-0.1, -0.05) is 42.5 Å². The molecule has 1 aliphatic heterocycles. The fourth-order valence-corrected chi connectivity index (χ4v) is 5.46. The van der Waals surface area contributed by atoms with E-state index in [4.69, 9.17) is 9.47 Å². The molecule has 0 saturated carbocycles. The predicted molar refractivity (Wildman–Crippen MR) is 129 cm³/mol. The molecule has 1 heterocycles. The van der Waals surface area contributed by atoms with Crippen LogP contribution in [0.5, 0.6) is 11.5 Å². The highest BCUT2D eigenvalue weighted by atomic mass is 79.9. The number of rotatable bonds is 5. The molecule has 34 heavy (non-hydrogen) atoms. The quantitative estimate of drug-likeness (QED) is 0.341. The van der Waals surface area contributed by atoms with Crippen LogP contribution in [-0.2, 0) is 12.8 Å². The third-order valence-electron chi connectivity index (χ3n) is 6.53. The number of fused-ring (bicyclic) bond motifs is 3. The molecule has 3 nitrogen and oxygen atoms in total. The molecule has 3 aromatic rings. The molecule has 5 rings (SSSR count). The van der Waals surface area contributed by atoms with Gasteiger partial charge in [-0.05, 0) is 75.3 Å². The van der Waals surface area contributed by atoms with Gasteiger partial charge in [0, 0.05) is 11.6 Å². The lowest BCUT2D eigenvalue weighted by Crippen LogP contribution is -2.29. The Kier molecular flexibility index (Phi) is 6.06. The molecule has 2 aliphatic rings. The summed E-state index contributed by atoms with van der Waals surface area (Å²) in [6, 6.07) is 17.7. The van der Waals surface area contributed by atoms with Crippen LogP contribution in [0.15, 0.2) is 77.3 Å². The van der Waals surface area contributed by atoms with Crippen molar-refractivity contribution in [1.82, 2.24) is 0 Å². The average molecular weight is 530 g/mol. The van der Waals surface area contributed by atoms with E-state index in [1.807, 2.05) is 48.5 Å². The molecule has 0 spiro atoms. The van der Waals surface area contributed by atoms with E-state index < -0.39 is 11.7 Å². The van der Waals surface area contributed by atoms with Crippen molar-refractivity contribution in [3.05, 3.63) is 99.5 Å². The van der Waals surface area contributed by atoms with Crippen molar-refractivity contribution in [2.45, 2.75) is 31.2 Å². The van der Waals surface area contributed by atoms with Gasteiger partial charge in [-0.2, -0.15) is 13.2 Å². The first-order valence-corrected chi connectivity index (χ1v) is 11.8. The predicted octanol–water partition coefficient (Wildman–Crippen LogP) is 7.88. The molecule has 1 N–H and O–H groups in total. The smallest absolute Gasteiger partial charge is 0.416 e. The summed E-state index contributed by atoms with van der Waals surface area (Å²) in [5, 5.41) is 3.49. The van der Waals surface area contributed by atoms with E-state index in [1.165, 1.54) is 12.1 Å². The average Bonchev–Trinajstić information content (AvgIpc) is 3.32. The summed E-state index contributed by atoms with van der Waals surface area (Å²) in [5.41, 5.74) is 2.84. The van der Waals surface area contributed by atoms with Gasteiger partial charge in [0.25, 0.3) is 0 Å². The van der Waals surface area contributed by atoms with Crippen LogP contribution in [-0.4, -0.2) is 7.11 Å². The highest BCUT2D eigenvalue weighted by Gasteiger charge is 2.40. The molecule has 0 bridgehead atoms. The molecule has 1 aliphatic carbocycles. The minimum Gasteiger partial charge on any atom is -0.493 e. The van der Waals surface area contributed by atoms with E-state index in [9.17, 15) is 13.2 Å². The number of allylic oxidation sites excluding steroid dienone is 2. The van der Waals surface area contributed by atoms with Crippen molar-refractivity contribution in [3.8, 4) is 11.5 Å². The normalized spacial score (nSPS) is 20.9. The van der Waals surface area contributed by atoms with Crippen LogP contribution in [0, 0.1) is 5.92 Å². The summed E-state index contributed by atoms with van der Waals surface area (Å²) < 4.78 is 52.4. The second kappa shape index (κ2) is 9.02. The van der Waals surface area contributed by atoms with Gasteiger partial charge in [-0.25, -0.2) is 0 Å². The molecular weight excluding hydrogens is 507 g/mol. The zero-order valence-corrected chi connectivity index (χ0v) is 20.0. The van der Waals surface area contributed by atoms with Crippen molar-refractivity contribution in [2.24, 2.45) is 5.92 Å². The fourth-order valence-electron chi connectivity index (χ4n) is 4.89. The minimum atomic E-state index is -4.36. The number of anilines is 1. The molecule has 0 fully saturated rings. The number of hydrogen-bond acceptors (Lipinski definition) is 3. The summed E-state index contributed by atoms with van der Waals surface area (Å²) in [4.78, 5) is 0. The van der Waals surface area contributed by atoms with Gasteiger partial charge in [0.05, 0.1) is 23.2 Å². The second-order valence-electron chi connectivity index (χ2n) is 8.58. The van der Waals surface area contributed by atoms with Gasteiger partial charge in [-0.3, -0.25) is 0 Å². The third-order valence-corrected chi connectivity index (χ3v) is 7.12. The molecule has 0 amide bonds. The molecular formula is C27H23BrF3NO2. The molecule has 3 aromatic carbocycles. The molecule has 176 valence electrons. The Labute approximate surface area is 204 Å². The SMILES string of the molecule is COc1cc([C@@H]2Nc3ccc(C(F)(F)F)cc3[C@@H]3C=CC[C@@H]32)cc(Br)c1OCc1ccccc1. The van der Waals surface area contributed by atoms with E-state index in [0.717, 1.165) is 33.8 Å². The van der Waals surface area contributed by atoms with Gasteiger partial charge in [0.1, 0.15) is 6.61 Å². The Bertz CT molecular complexity index is 1230. The number of alkyl halides is 3. The Morgan fingerprint density at radius 2 is 1.85 bits per heavy atom. The Hall–Kier alpha value is -2.93. The van der Waals surface area contributed by atoms with Gasteiger partial charge in [0.2, 0.25) is 0 Å². The lowest BCUT2D eigenvalue weighted by atomic mass is 9.76. The van der Waals surface area contributed by atoms with Gasteiger partial charge < -0.3 is 14.8 Å². The van der Waals surface area contributed by atoms with Crippen LogP contribution in [0.25, 0.3) is 0 Å².